The highest BCUT2D eigenvalue weighted by Gasteiger charge is 2.17. The van der Waals surface area contributed by atoms with Crippen LogP contribution in [0.15, 0.2) is 161 Å². The summed E-state index contributed by atoms with van der Waals surface area (Å²) < 4.78 is 5.29. The number of pyridine rings is 1. The molecule has 382 valence electrons. The Balaban J connectivity index is 0.000000152. The number of piperazine rings is 1. The monoisotopic (exact) mass is 1020 g/mol. The van der Waals surface area contributed by atoms with Gasteiger partial charge in [0.2, 0.25) is 17.3 Å². The quantitative estimate of drug-likeness (QED) is 0.0679. The van der Waals surface area contributed by atoms with E-state index < -0.39 is 5.43 Å². The molecule has 20 nitrogen and oxygen atoms in total. The SMILES string of the molecule is Cc1ccc(NC(=O)c2ccc(CN3CCN(C)CC3)cc2)cc1Nc1nccc(-c2cccnc2)n1.Nc1nc(N)c2nc(-c3ccccc3)c(N)nc2n1.O=c1c(-c2ccc(O)cc2)coc2cc(O)cc(O)c12. The number of nitrogens with zero attached hydrogens (tertiary/aromatic N) is 9. The summed E-state index contributed by atoms with van der Waals surface area (Å²) in [6, 6.07) is 37.2. The van der Waals surface area contributed by atoms with Crippen LogP contribution in [-0.4, -0.2) is 99.1 Å². The molecule has 5 aromatic carbocycles. The number of likely N-dealkylation sites (N-methyl/N-ethyl adjacent to an activating group) is 1. The van der Waals surface area contributed by atoms with Gasteiger partial charge in [0.15, 0.2) is 22.8 Å². The van der Waals surface area contributed by atoms with Gasteiger partial charge < -0.3 is 52.5 Å². The van der Waals surface area contributed by atoms with Crippen molar-refractivity contribution >= 4 is 62.9 Å². The maximum absolute atomic E-state index is 12.9. The Morgan fingerprint density at radius 1 is 0.724 bits per heavy atom. The highest BCUT2D eigenvalue weighted by molar-refractivity contribution is 6.04. The van der Waals surface area contributed by atoms with Gasteiger partial charge in [0, 0.05) is 91.5 Å². The van der Waals surface area contributed by atoms with Gasteiger partial charge in [-0.2, -0.15) is 9.97 Å². The maximum atomic E-state index is 12.9. The standard InChI is InChI=1S/C29H31N7O.C15H10O5.C12H11N7/c1-21-5-10-25(18-27(21)34-29-31-13-11-26(33-29)24-4-3-12-30-19-24)32-28(37)23-8-6-22(7-9-23)20-36-16-14-35(2)15-17-36;16-9-3-1-8(2-4-9)11-7-20-13-6-10(17)5-12(18)14(13)15(11)19;13-9-7(6-4-2-1-3-5-6)16-8-10(14)18-12(15)19-11(8)17-9/h3-13,18-19H,14-17,20H2,1-2H3,(H,32,37)(H,31,33,34);1-7,16-18H;1-5H,(H6,13,14,15,17,18,19). The minimum absolute atomic E-state index is 0.00775. The lowest BCUT2D eigenvalue weighted by Gasteiger charge is -2.32. The molecule has 20 heteroatoms. The molecule has 1 amide bonds. The van der Waals surface area contributed by atoms with E-state index in [2.05, 4.69) is 62.4 Å². The van der Waals surface area contributed by atoms with Gasteiger partial charge in [-0.25, -0.2) is 19.9 Å². The normalized spacial score (nSPS) is 12.5. The van der Waals surface area contributed by atoms with Crippen molar-refractivity contribution in [2.75, 3.05) is 61.1 Å². The molecule has 0 radical (unpaired) electrons. The Labute approximate surface area is 435 Å². The number of fused-ring (bicyclic) bond motifs is 2. The predicted octanol–water partition coefficient (Wildman–Crippen LogP) is 8.00. The van der Waals surface area contributed by atoms with E-state index in [0.717, 1.165) is 66.9 Å². The molecule has 0 saturated carbocycles. The van der Waals surface area contributed by atoms with Crippen LogP contribution in [-0.2, 0) is 6.54 Å². The van der Waals surface area contributed by atoms with Crippen molar-refractivity contribution in [1.29, 1.82) is 0 Å². The number of carbonyl (C=O) groups excluding carboxylic acids is 1. The van der Waals surface area contributed by atoms with Gasteiger partial charge in [-0.1, -0.05) is 60.7 Å². The van der Waals surface area contributed by atoms with E-state index in [-0.39, 0.29) is 57.3 Å². The van der Waals surface area contributed by atoms with Crippen LogP contribution in [0.1, 0.15) is 21.5 Å². The fourth-order valence-electron chi connectivity index (χ4n) is 8.14. The van der Waals surface area contributed by atoms with E-state index in [9.17, 15) is 24.9 Å². The number of carbonyl (C=O) groups is 1. The Hall–Kier alpha value is -10.1. The van der Waals surface area contributed by atoms with E-state index in [4.69, 9.17) is 21.6 Å². The van der Waals surface area contributed by atoms with Gasteiger partial charge in [-0.15, -0.1) is 0 Å². The third kappa shape index (κ3) is 12.2. The summed E-state index contributed by atoms with van der Waals surface area (Å²) in [7, 11) is 2.16. The third-order valence-electron chi connectivity index (χ3n) is 12.2. The molecule has 0 atom stereocenters. The number of nitrogens with two attached hydrogens (primary N) is 3. The fourth-order valence-corrected chi connectivity index (χ4v) is 8.14. The zero-order valence-electron chi connectivity index (χ0n) is 41.3. The second-order valence-corrected chi connectivity index (χ2v) is 17.7. The van der Waals surface area contributed by atoms with Gasteiger partial charge in [-0.3, -0.25) is 19.5 Å². The summed E-state index contributed by atoms with van der Waals surface area (Å²) in [6.45, 7) is 7.24. The number of amides is 1. The lowest BCUT2D eigenvalue weighted by Crippen LogP contribution is -2.43. The number of phenolic OH excluding ortho intramolecular Hbond substituents is 3. The molecule has 1 aliphatic rings. The Morgan fingerprint density at radius 2 is 1.47 bits per heavy atom. The van der Waals surface area contributed by atoms with Crippen LogP contribution < -0.4 is 33.3 Å². The summed E-state index contributed by atoms with van der Waals surface area (Å²) in [6.07, 6.45) is 6.48. The average Bonchev–Trinajstić information content (AvgIpc) is 3.44. The first kappa shape index (κ1) is 50.9. The number of rotatable bonds is 9. The van der Waals surface area contributed by atoms with Crippen LogP contribution in [0.5, 0.6) is 17.2 Å². The van der Waals surface area contributed by atoms with Crippen molar-refractivity contribution in [3.63, 3.8) is 0 Å². The zero-order valence-corrected chi connectivity index (χ0v) is 41.3. The molecule has 1 aliphatic heterocycles. The largest absolute Gasteiger partial charge is 0.508 e. The molecule has 1 fully saturated rings. The summed E-state index contributed by atoms with van der Waals surface area (Å²) in [5, 5.41) is 34.7. The van der Waals surface area contributed by atoms with Crippen LogP contribution in [0.4, 0.5) is 34.9 Å². The van der Waals surface area contributed by atoms with Gasteiger partial charge in [-0.05, 0) is 85.3 Å². The highest BCUT2D eigenvalue weighted by Crippen LogP contribution is 2.31. The number of phenols is 3. The number of aromatic hydroxyl groups is 3. The first-order chi connectivity index (χ1) is 36.7. The number of benzene rings is 5. The smallest absolute Gasteiger partial charge is 0.255 e. The van der Waals surface area contributed by atoms with Crippen LogP contribution in [0.2, 0.25) is 0 Å². The molecular weight excluding hydrogens is 965 g/mol. The second-order valence-electron chi connectivity index (χ2n) is 17.7. The van der Waals surface area contributed by atoms with E-state index in [1.165, 1.54) is 30.0 Å². The number of aromatic nitrogens is 7. The molecule has 0 unspecified atom stereocenters. The molecule has 0 spiro atoms. The van der Waals surface area contributed by atoms with E-state index >= 15 is 0 Å². The predicted molar refractivity (Wildman–Crippen MR) is 294 cm³/mol. The molecule has 1 saturated heterocycles. The minimum atomic E-state index is -0.408. The molecule has 11 rings (SSSR count). The van der Waals surface area contributed by atoms with Crippen molar-refractivity contribution in [2.45, 2.75) is 13.5 Å². The van der Waals surface area contributed by atoms with E-state index in [1.54, 1.807) is 30.7 Å². The minimum Gasteiger partial charge on any atom is -0.508 e. The molecule has 6 heterocycles. The van der Waals surface area contributed by atoms with Crippen molar-refractivity contribution in [1.82, 2.24) is 44.7 Å². The van der Waals surface area contributed by atoms with Gasteiger partial charge in [0.05, 0.1) is 11.3 Å². The first-order valence-corrected chi connectivity index (χ1v) is 23.9. The molecular formula is C56H52N14O6. The molecule has 0 bridgehead atoms. The van der Waals surface area contributed by atoms with E-state index in [1.807, 2.05) is 97.9 Å². The first-order valence-electron chi connectivity index (χ1n) is 23.9. The molecule has 0 aliphatic carbocycles. The number of aryl methyl sites for hydroxylation is 1. The number of hydrogen-bond acceptors (Lipinski definition) is 19. The molecule has 5 aromatic heterocycles. The second kappa shape index (κ2) is 22.8. The lowest BCUT2D eigenvalue weighted by atomic mass is 10.0. The van der Waals surface area contributed by atoms with Crippen molar-refractivity contribution < 1.29 is 24.5 Å². The van der Waals surface area contributed by atoms with Crippen molar-refractivity contribution in [2.24, 2.45) is 0 Å². The van der Waals surface area contributed by atoms with Crippen LogP contribution >= 0.6 is 0 Å². The highest BCUT2D eigenvalue weighted by atomic mass is 16.3. The number of nitrogen functional groups attached to an aromatic ring is 3. The van der Waals surface area contributed by atoms with Crippen LogP contribution in [0.3, 0.4) is 0 Å². The molecule has 10 aromatic rings. The van der Waals surface area contributed by atoms with Crippen molar-refractivity contribution in [3.05, 3.63) is 179 Å². The Morgan fingerprint density at radius 3 is 2.21 bits per heavy atom. The topological polar surface area (TPSA) is 307 Å². The van der Waals surface area contributed by atoms with Crippen LogP contribution in [0, 0.1) is 6.92 Å². The van der Waals surface area contributed by atoms with Gasteiger partial charge in [0.25, 0.3) is 5.91 Å². The summed E-state index contributed by atoms with van der Waals surface area (Å²) in [5.74, 6) is 0.408. The molecule has 11 N–H and O–H groups in total. The number of hydrogen-bond donors (Lipinski definition) is 8. The summed E-state index contributed by atoms with van der Waals surface area (Å²) >= 11 is 0. The zero-order chi connectivity index (χ0) is 53.3. The number of anilines is 6. The fraction of sp³-hybridized carbons (Fsp3) is 0.125. The Kier molecular flexibility index (Phi) is 15.3. The van der Waals surface area contributed by atoms with Crippen molar-refractivity contribution in [3.8, 4) is 50.9 Å². The lowest BCUT2D eigenvalue weighted by molar-refractivity contribution is 0.102. The Bertz CT molecular complexity index is 3730. The van der Waals surface area contributed by atoms with Crippen LogP contribution in [0.25, 0.3) is 55.8 Å². The van der Waals surface area contributed by atoms with Gasteiger partial charge >= 0.3 is 0 Å². The number of nitrogens with one attached hydrogen (secondary N) is 2. The third-order valence-corrected chi connectivity index (χ3v) is 12.2. The maximum Gasteiger partial charge on any atom is 0.255 e. The average molecular weight is 1020 g/mol. The summed E-state index contributed by atoms with van der Waals surface area (Å²) in [4.78, 5) is 59.6. The van der Waals surface area contributed by atoms with Gasteiger partial charge in [0.1, 0.15) is 40.2 Å². The molecule has 76 heavy (non-hydrogen) atoms. The van der Waals surface area contributed by atoms with E-state index in [0.29, 0.717) is 39.6 Å². The summed E-state index contributed by atoms with van der Waals surface area (Å²) in [5.41, 5.74) is 25.9.